The first-order valence-electron chi connectivity index (χ1n) is 7.76. The first-order chi connectivity index (χ1) is 11.4. The Kier molecular flexibility index (Phi) is 5.99. The average Bonchev–Trinajstić information content (AvgIpc) is 2.51. The van der Waals surface area contributed by atoms with Gasteiger partial charge in [0.25, 0.3) is 0 Å². The fourth-order valence-corrected chi connectivity index (χ4v) is 3.50. The Hall–Kier alpha value is -2.33. The first-order valence-corrected chi connectivity index (χ1v) is 9.24. The van der Waals surface area contributed by atoms with Crippen molar-refractivity contribution in [2.45, 2.75) is 25.2 Å². The predicted octanol–water partition coefficient (Wildman–Crippen LogP) is 4.65. The summed E-state index contributed by atoms with van der Waals surface area (Å²) in [4.78, 5) is 0.519. The van der Waals surface area contributed by atoms with Gasteiger partial charge in [0.1, 0.15) is 17.3 Å². The molecule has 0 heterocycles. The number of ether oxygens (including phenoxy) is 1. The summed E-state index contributed by atoms with van der Waals surface area (Å²) in [5, 5.41) is 0. The van der Waals surface area contributed by atoms with E-state index in [0.717, 1.165) is 17.6 Å². The monoisotopic (exact) mass is 342 g/mol. The Balaban J connectivity index is 1.95. The second-order valence-electron chi connectivity index (χ2n) is 5.56. The lowest BCUT2D eigenvalue weighted by Crippen LogP contribution is -2.13. The number of aryl methyl sites for hydroxylation is 1. The van der Waals surface area contributed by atoms with Crippen LogP contribution in [-0.2, 0) is 14.6 Å². The molecule has 0 atom stereocenters. The number of hydrogen-bond acceptors (Lipinski definition) is 3. The number of rotatable bonds is 8. The van der Waals surface area contributed by atoms with Gasteiger partial charge in [0.15, 0.2) is 0 Å². The smallest absolute Gasteiger partial charge is 0.210 e. The van der Waals surface area contributed by atoms with Crippen LogP contribution < -0.4 is 0 Å². The highest BCUT2D eigenvalue weighted by atomic mass is 32.2. The van der Waals surface area contributed by atoms with Crippen molar-refractivity contribution in [3.8, 4) is 0 Å². The Morgan fingerprint density at radius 2 is 1.92 bits per heavy atom. The molecule has 126 valence electrons. The number of benzene rings is 1. The minimum Gasteiger partial charge on any atom is -0.488 e. The largest absolute Gasteiger partial charge is 0.488 e. The summed E-state index contributed by atoms with van der Waals surface area (Å²) in [7, 11) is -3.51. The molecule has 0 amide bonds. The molecule has 2 rings (SSSR count). The second kappa shape index (κ2) is 7.97. The molecule has 1 aliphatic carbocycles. The molecule has 0 spiro atoms. The first kappa shape index (κ1) is 18.0. The molecule has 24 heavy (non-hydrogen) atoms. The zero-order valence-corrected chi connectivity index (χ0v) is 14.8. The van der Waals surface area contributed by atoms with Crippen molar-refractivity contribution in [1.82, 2.24) is 0 Å². The zero-order chi connectivity index (χ0) is 17.6. The van der Waals surface area contributed by atoms with E-state index in [9.17, 15) is 8.42 Å². The van der Waals surface area contributed by atoms with E-state index < -0.39 is 9.84 Å². The van der Waals surface area contributed by atoms with Crippen LogP contribution in [0.1, 0.15) is 18.9 Å². The Morgan fingerprint density at radius 1 is 1.21 bits per heavy atom. The Labute approximate surface area is 144 Å². The zero-order valence-electron chi connectivity index (χ0n) is 14.0. The molecular formula is C20H22O3S. The molecule has 0 saturated heterocycles. The molecule has 0 N–H and O–H groups in total. The van der Waals surface area contributed by atoms with Gasteiger partial charge in [0, 0.05) is 0 Å². The highest BCUT2D eigenvalue weighted by Crippen LogP contribution is 2.31. The van der Waals surface area contributed by atoms with Crippen LogP contribution in [0.15, 0.2) is 88.4 Å². The maximum absolute atomic E-state index is 12.6. The standard InChI is InChI=1S/C20H22O3S/c1-4-5-7-16(2)8-6-15-23-19-13-14-20(19)24(21,22)18-11-9-17(3)10-12-18/h4,6-14H,1,5,15H2,2-3H3/b8-6-,16-7-. The van der Waals surface area contributed by atoms with Gasteiger partial charge in [0.2, 0.25) is 9.84 Å². The Morgan fingerprint density at radius 3 is 2.50 bits per heavy atom. The van der Waals surface area contributed by atoms with Gasteiger partial charge in [-0.15, -0.1) is 6.58 Å². The predicted molar refractivity (Wildman–Crippen MR) is 98.2 cm³/mol. The third kappa shape index (κ3) is 4.36. The second-order valence-corrected chi connectivity index (χ2v) is 7.48. The van der Waals surface area contributed by atoms with Crippen molar-refractivity contribution >= 4 is 9.84 Å². The highest BCUT2D eigenvalue weighted by molar-refractivity contribution is 7.95. The van der Waals surface area contributed by atoms with E-state index in [0.29, 0.717) is 12.4 Å². The number of allylic oxidation sites excluding steroid dienone is 6. The van der Waals surface area contributed by atoms with E-state index in [1.807, 2.05) is 32.1 Å². The van der Waals surface area contributed by atoms with Crippen LogP contribution in [0.3, 0.4) is 0 Å². The molecule has 1 aromatic rings. The molecule has 1 aromatic carbocycles. The molecular weight excluding hydrogens is 320 g/mol. The van der Waals surface area contributed by atoms with E-state index in [4.69, 9.17) is 4.74 Å². The van der Waals surface area contributed by atoms with Gasteiger partial charge in [-0.05, 0) is 50.6 Å². The maximum atomic E-state index is 12.6. The van der Waals surface area contributed by atoms with Crippen molar-refractivity contribution in [3.05, 3.63) is 89.1 Å². The number of hydrogen-bond donors (Lipinski definition) is 0. The van der Waals surface area contributed by atoms with Gasteiger partial charge < -0.3 is 4.74 Å². The summed E-state index contributed by atoms with van der Waals surface area (Å²) < 4.78 is 30.7. The van der Waals surface area contributed by atoms with Crippen LogP contribution in [-0.4, -0.2) is 15.0 Å². The van der Waals surface area contributed by atoms with Gasteiger partial charge in [-0.25, -0.2) is 8.42 Å². The van der Waals surface area contributed by atoms with Gasteiger partial charge in [-0.3, -0.25) is 0 Å². The quantitative estimate of drug-likeness (QED) is 0.510. The molecule has 3 nitrogen and oxygen atoms in total. The third-order valence-corrected chi connectivity index (χ3v) is 5.38. The van der Waals surface area contributed by atoms with Crippen LogP contribution in [0.2, 0.25) is 0 Å². The van der Waals surface area contributed by atoms with Gasteiger partial charge in [-0.2, -0.15) is 0 Å². The van der Waals surface area contributed by atoms with Gasteiger partial charge >= 0.3 is 0 Å². The van der Waals surface area contributed by atoms with Crippen LogP contribution in [0.25, 0.3) is 0 Å². The summed E-state index contributed by atoms with van der Waals surface area (Å²) in [6.07, 6.45) is 11.8. The van der Waals surface area contributed by atoms with Gasteiger partial charge in [0.05, 0.1) is 4.90 Å². The summed E-state index contributed by atoms with van der Waals surface area (Å²) >= 11 is 0. The highest BCUT2D eigenvalue weighted by Gasteiger charge is 2.28. The van der Waals surface area contributed by atoms with Crippen LogP contribution in [0.4, 0.5) is 0 Å². The molecule has 0 radical (unpaired) electrons. The summed E-state index contributed by atoms with van der Waals surface area (Å²) in [5.74, 6) is 0.410. The van der Waals surface area contributed by atoms with Crippen molar-refractivity contribution in [2.75, 3.05) is 6.61 Å². The lowest BCUT2D eigenvalue weighted by atomic mass is 10.2. The molecule has 4 heteroatoms. The molecule has 0 unspecified atom stereocenters. The van der Waals surface area contributed by atoms with E-state index >= 15 is 0 Å². The van der Waals surface area contributed by atoms with Crippen molar-refractivity contribution in [3.63, 3.8) is 0 Å². The van der Waals surface area contributed by atoms with E-state index in [1.54, 1.807) is 36.4 Å². The average molecular weight is 342 g/mol. The van der Waals surface area contributed by atoms with E-state index in [2.05, 4.69) is 12.7 Å². The molecule has 0 saturated carbocycles. The lowest BCUT2D eigenvalue weighted by molar-refractivity contribution is 0.256. The molecule has 0 aromatic heterocycles. The molecule has 0 bridgehead atoms. The fourth-order valence-electron chi connectivity index (χ4n) is 2.11. The van der Waals surface area contributed by atoms with Gasteiger partial charge in [-0.1, -0.05) is 41.5 Å². The summed E-state index contributed by atoms with van der Waals surface area (Å²) in [6, 6.07) is 6.82. The normalized spacial score (nSPS) is 14.8. The fraction of sp³-hybridized carbons (Fsp3) is 0.200. The minimum atomic E-state index is -3.51. The Bertz CT molecular complexity index is 820. The number of sulfone groups is 1. The third-order valence-electron chi connectivity index (χ3n) is 3.57. The topological polar surface area (TPSA) is 43.4 Å². The summed E-state index contributed by atoms with van der Waals surface area (Å²) in [5.41, 5.74) is 2.14. The van der Waals surface area contributed by atoms with Crippen molar-refractivity contribution < 1.29 is 13.2 Å². The van der Waals surface area contributed by atoms with E-state index in [1.165, 1.54) is 0 Å². The molecule has 0 aliphatic heterocycles. The van der Waals surface area contributed by atoms with Crippen LogP contribution in [0, 0.1) is 6.92 Å². The minimum absolute atomic E-state index is 0.235. The lowest BCUT2D eigenvalue weighted by Gasteiger charge is -2.18. The van der Waals surface area contributed by atoms with Crippen LogP contribution >= 0.6 is 0 Å². The van der Waals surface area contributed by atoms with Crippen molar-refractivity contribution in [2.24, 2.45) is 0 Å². The summed E-state index contributed by atoms with van der Waals surface area (Å²) in [6.45, 7) is 7.91. The SMILES string of the molecule is C=CC/C=C(C)\C=C/COC1=CC=C1S(=O)(=O)c1ccc(C)cc1. The molecule has 1 aliphatic rings. The van der Waals surface area contributed by atoms with E-state index in [-0.39, 0.29) is 9.80 Å². The van der Waals surface area contributed by atoms with Crippen molar-refractivity contribution in [1.29, 1.82) is 0 Å². The molecule has 0 fully saturated rings. The van der Waals surface area contributed by atoms with Crippen LogP contribution in [0.5, 0.6) is 0 Å². The maximum Gasteiger partial charge on any atom is 0.210 e.